The first-order chi connectivity index (χ1) is 8.76. The van der Waals surface area contributed by atoms with Gasteiger partial charge in [-0.2, -0.15) is 0 Å². The number of carbonyl (C=O) groups excluding carboxylic acids is 1. The van der Waals surface area contributed by atoms with E-state index in [2.05, 4.69) is 18.2 Å². The summed E-state index contributed by atoms with van der Waals surface area (Å²) < 4.78 is 5.01. The molecule has 1 saturated carbocycles. The molecule has 0 N–H and O–H groups in total. The van der Waals surface area contributed by atoms with Gasteiger partial charge < -0.3 is 4.74 Å². The van der Waals surface area contributed by atoms with Crippen molar-refractivity contribution in [2.24, 2.45) is 0 Å². The van der Waals surface area contributed by atoms with Gasteiger partial charge in [-0.05, 0) is 48.6 Å². The molecule has 1 aliphatic heterocycles. The van der Waals surface area contributed by atoms with Crippen LogP contribution in [0.5, 0.6) is 0 Å². The SMILES string of the molecule is COC(=O)C1(c2ccc3c(c2)CCCS3)CCC1. The molecule has 0 unspecified atom stereocenters. The topological polar surface area (TPSA) is 26.3 Å². The maximum Gasteiger partial charge on any atom is 0.316 e. The van der Waals surface area contributed by atoms with Gasteiger partial charge in [0, 0.05) is 4.90 Å². The van der Waals surface area contributed by atoms with Crippen LogP contribution in [0.2, 0.25) is 0 Å². The van der Waals surface area contributed by atoms with Gasteiger partial charge in [-0.25, -0.2) is 0 Å². The van der Waals surface area contributed by atoms with Gasteiger partial charge in [-0.15, -0.1) is 11.8 Å². The fourth-order valence-electron chi connectivity index (χ4n) is 2.99. The van der Waals surface area contributed by atoms with Crippen molar-refractivity contribution < 1.29 is 9.53 Å². The Labute approximate surface area is 112 Å². The van der Waals surface area contributed by atoms with Crippen molar-refractivity contribution in [2.45, 2.75) is 42.4 Å². The summed E-state index contributed by atoms with van der Waals surface area (Å²) in [6, 6.07) is 6.57. The highest BCUT2D eigenvalue weighted by Crippen LogP contribution is 2.46. The van der Waals surface area contributed by atoms with Gasteiger partial charge in [0.2, 0.25) is 0 Å². The minimum Gasteiger partial charge on any atom is -0.468 e. The minimum absolute atomic E-state index is 0.0582. The maximum absolute atomic E-state index is 12.1. The average Bonchev–Trinajstić information content (AvgIpc) is 2.37. The molecular weight excluding hydrogens is 244 g/mol. The lowest BCUT2D eigenvalue weighted by molar-refractivity contribution is -0.151. The van der Waals surface area contributed by atoms with Gasteiger partial charge in [-0.3, -0.25) is 4.79 Å². The molecule has 1 aromatic carbocycles. The molecule has 0 bridgehead atoms. The first kappa shape index (κ1) is 12.1. The van der Waals surface area contributed by atoms with Crippen molar-refractivity contribution in [3.05, 3.63) is 29.3 Å². The molecule has 18 heavy (non-hydrogen) atoms. The third-order valence-corrected chi connectivity index (χ3v) is 5.45. The summed E-state index contributed by atoms with van der Waals surface area (Å²) in [5.74, 6) is 1.16. The Morgan fingerprint density at radius 2 is 2.17 bits per heavy atom. The van der Waals surface area contributed by atoms with Gasteiger partial charge in [0.15, 0.2) is 0 Å². The van der Waals surface area contributed by atoms with Crippen LogP contribution in [0.4, 0.5) is 0 Å². The summed E-state index contributed by atoms with van der Waals surface area (Å²) >= 11 is 1.93. The van der Waals surface area contributed by atoms with Crippen LogP contribution in [-0.2, 0) is 21.4 Å². The second kappa shape index (κ2) is 4.61. The zero-order valence-electron chi connectivity index (χ0n) is 10.7. The summed E-state index contributed by atoms with van der Waals surface area (Å²) in [5.41, 5.74) is 2.24. The number of methoxy groups -OCH3 is 1. The number of aryl methyl sites for hydroxylation is 1. The Bertz CT molecular complexity index is 477. The van der Waals surface area contributed by atoms with Crippen LogP contribution in [0.15, 0.2) is 23.1 Å². The minimum atomic E-state index is -0.341. The largest absolute Gasteiger partial charge is 0.468 e. The van der Waals surface area contributed by atoms with Crippen LogP contribution in [0.3, 0.4) is 0 Å². The van der Waals surface area contributed by atoms with E-state index in [0.29, 0.717) is 0 Å². The van der Waals surface area contributed by atoms with E-state index in [1.54, 1.807) is 0 Å². The summed E-state index contributed by atoms with van der Waals surface area (Å²) in [5, 5.41) is 0. The zero-order valence-corrected chi connectivity index (χ0v) is 11.5. The molecule has 96 valence electrons. The van der Waals surface area contributed by atoms with E-state index >= 15 is 0 Å². The van der Waals surface area contributed by atoms with Crippen molar-refractivity contribution in [1.29, 1.82) is 0 Å². The third-order valence-electron chi connectivity index (χ3n) is 4.24. The van der Waals surface area contributed by atoms with E-state index in [1.807, 2.05) is 11.8 Å². The summed E-state index contributed by atoms with van der Waals surface area (Å²) in [6.45, 7) is 0. The fourth-order valence-corrected chi connectivity index (χ4v) is 4.01. The molecule has 1 aromatic rings. The summed E-state index contributed by atoms with van der Waals surface area (Å²) in [7, 11) is 1.50. The van der Waals surface area contributed by atoms with E-state index in [4.69, 9.17) is 4.74 Å². The number of benzene rings is 1. The Hall–Kier alpha value is -0.960. The highest BCUT2D eigenvalue weighted by molar-refractivity contribution is 7.99. The van der Waals surface area contributed by atoms with Crippen molar-refractivity contribution >= 4 is 17.7 Å². The lowest BCUT2D eigenvalue weighted by atomic mass is 9.64. The van der Waals surface area contributed by atoms with E-state index in [1.165, 1.54) is 35.3 Å². The molecule has 1 aliphatic carbocycles. The van der Waals surface area contributed by atoms with Gasteiger partial charge in [0.1, 0.15) is 0 Å². The number of thioether (sulfide) groups is 1. The summed E-state index contributed by atoms with van der Waals surface area (Å²) in [4.78, 5) is 13.5. The van der Waals surface area contributed by atoms with Crippen LogP contribution in [0.25, 0.3) is 0 Å². The van der Waals surface area contributed by atoms with Crippen molar-refractivity contribution in [1.82, 2.24) is 0 Å². The van der Waals surface area contributed by atoms with Crippen molar-refractivity contribution in [3.8, 4) is 0 Å². The monoisotopic (exact) mass is 262 g/mol. The second-order valence-electron chi connectivity index (χ2n) is 5.20. The normalized spacial score (nSPS) is 20.7. The molecule has 2 aliphatic rings. The highest BCUT2D eigenvalue weighted by atomic mass is 32.2. The van der Waals surface area contributed by atoms with Crippen LogP contribution in [0, 0.1) is 0 Å². The van der Waals surface area contributed by atoms with Crippen LogP contribution in [-0.4, -0.2) is 18.8 Å². The van der Waals surface area contributed by atoms with Gasteiger partial charge in [0.25, 0.3) is 0 Å². The first-order valence-corrected chi connectivity index (χ1v) is 7.59. The van der Waals surface area contributed by atoms with Crippen LogP contribution >= 0.6 is 11.8 Å². The van der Waals surface area contributed by atoms with E-state index < -0.39 is 0 Å². The number of carbonyl (C=O) groups is 1. The fraction of sp³-hybridized carbons (Fsp3) is 0.533. The Balaban J connectivity index is 1.98. The highest BCUT2D eigenvalue weighted by Gasteiger charge is 2.46. The molecule has 0 radical (unpaired) electrons. The molecule has 3 heteroatoms. The Morgan fingerprint density at radius 1 is 1.33 bits per heavy atom. The second-order valence-corrected chi connectivity index (χ2v) is 6.34. The van der Waals surface area contributed by atoms with Crippen molar-refractivity contribution in [2.75, 3.05) is 12.9 Å². The zero-order chi connectivity index (χ0) is 12.6. The quantitative estimate of drug-likeness (QED) is 0.765. The number of esters is 1. The maximum atomic E-state index is 12.1. The smallest absolute Gasteiger partial charge is 0.316 e. The molecule has 1 heterocycles. The molecule has 0 atom stereocenters. The lowest BCUT2D eigenvalue weighted by Crippen LogP contribution is -2.43. The molecule has 2 nitrogen and oxygen atoms in total. The average molecular weight is 262 g/mol. The van der Waals surface area contributed by atoms with Gasteiger partial charge in [-0.1, -0.05) is 18.6 Å². The van der Waals surface area contributed by atoms with Crippen molar-refractivity contribution in [3.63, 3.8) is 0 Å². The predicted molar refractivity (Wildman–Crippen MR) is 73.0 cm³/mol. The molecule has 1 fully saturated rings. The van der Waals surface area contributed by atoms with Gasteiger partial charge >= 0.3 is 5.97 Å². The lowest BCUT2D eigenvalue weighted by Gasteiger charge is -2.39. The molecular formula is C15H18O2S. The Morgan fingerprint density at radius 3 is 2.83 bits per heavy atom. The number of rotatable bonds is 2. The predicted octanol–water partition coefficient (Wildman–Crippen LogP) is 3.32. The standard InChI is InChI=1S/C15H18O2S/c1-17-14(16)15(7-3-8-15)12-5-6-13-11(10-12)4-2-9-18-13/h5-6,10H,2-4,7-9H2,1H3. The van der Waals surface area contributed by atoms with Crippen LogP contribution < -0.4 is 0 Å². The number of hydrogen-bond donors (Lipinski definition) is 0. The molecule has 0 saturated heterocycles. The molecule has 0 aromatic heterocycles. The number of hydrogen-bond acceptors (Lipinski definition) is 3. The Kier molecular flexibility index (Phi) is 3.10. The first-order valence-electron chi connectivity index (χ1n) is 6.61. The van der Waals surface area contributed by atoms with Gasteiger partial charge in [0.05, 0.1) is 12.5 Å². The van der Waals surface area contributed by atoms with E-state index in [0.717, 1.165) is 25.7 Å². The van der Waals surface area contributed by atoms with E-state index in [-0.39, 0.29) is 11.4 Å². The van der Waals surface area contributed by atoms with E-state index in [9.17, 15) is 4.79 Å². The van der Waals surface area contributed by atoms with Crippen LogP contribution in [0.1, 0.15) is 36.8 Å². The molecule has 0 spiro atoms. The number of ether oxygens (including phenoxy) is 1. The third kappa shape index (κ3) is 1.76. The summed E-state index contributed by atoms with van der Waals surface area (Å²) in [6.07, 6.45) is 5.39. The number of fused-ring (bicyclic) bond motifs is 1. The molecule has 0 amide bonds. The molecule has 3 rings (SSSR count).